The van der Waals surface area contributed by atoms with Crippen LogP contribution < -0.4 is 10.6 Å². The molecule has 0 bridgehead atoms. The van der Waals surface area contributed by atoms with E-state index in [1.165, 1.54) is 11.3 Å². The smallest absolute Gasteiger partial charge is 0.321 e. The highest BCUT2D eigenvalue weighted by molar-refractivity contribution is 7.98. The van der Waals surface area contributed by atoms with Crippen LogP contribution in [0.2, 0.25) is 0 Å². The number of nitrogens with zero attached hydrogens (tertiary/aromatic N) is 4. The largest absolute Gasteiger partial charge is 0.324 e. The lowest BCUT2D eigenvalue weighted by Crippen LogP contribution is -2.41. The average Bonchev–Trinajstić information content (AvgIpc) is 3.33. The van der Waals surface area contributed by atoms with Gasteiger partial charge in [-0.25, -0.2) is 4.79 Å². The summed E-state index contributed by atoms with van der Waals surface area (Å²) in [4.78, 5) is 33.7. The number of hydrogen-bond donors (Lipinski definition) is 2. The number of aryl methyl sites for hydroxylation is 1. The van der Waals surface area contributed by atoms with E-state index in [1.807, 2.05) is 54.5 Å². The van der Waals surface area contributed by atoms with E-state index in [4.69, 9.17) is 4.98 Å². The van der Waals surface area contributed by atoms with Crippen molar-refractivity contribution in [2.24, 2.45) is 0 Å². The molecule has 1 aliphatic heterocycles. The van der Waals surface area contributed by atoms with Crippen LogP contribution in [0.25, 0.3) is 0 Å². The summed E-state index contributed by atoms with van der Waals surface area (Å²) in [5, 5.41) is 15.6. The Bertz CT molecular complexity index is 1230. The van der Waals surface area contributed by atoms with Crippen molar-refractivity contribution in [3.8, 4) is 0 Å². The highest BCUT2D eigenvalue weighted by atomic mass is 32.2. The maximum atomic E-state index is 13.2. The Balaban J connectivity index is 1.41. The molecule has 0 spiro atoms. The maximum absolute atomic E-state index is 13.2. The van der Waals surface area contributed by atoms with Gasteiger partial charge in [0, 0.05) is 40.7 Å². The summed E-state index contributed by atoms with van der Waals surface area (Å²) in [6.45, 7) is 9.32. The van der Waals surface area contributed by atoms with Gasteiger partial charge in [-0.2, -0.15) is 0 Å². The second-order valence-electron chi connectivity index (χ2n) is 9.92. The van der Waals surface area contributed by atoms with Crippen molar-refractivity contribution in [1.29, 1.82) is 0 Å². The minimum absolute atomic E-state index is 0.0927. The van der Waals surface area contributed by atoms with Gasteiger partial charge in [-0.05, 0) is 62.4 Å². The van der Waals surface area contributed by atoms with E-state index in [2.05, 4.69) is 41.6 Å². The molecule has 190 valence electrons. The Morgan fingerprint density at radius 1 is 1.03 bits per heavy atom. The number of thioether (sulfide) groups is 1. The molecule has 0 atom stereocenters. The second kappa shape index (κ2) is 11.0. The van der Waals surface area contributed by atoms with Gasteiger partial charge in [0.1, 0.15) is 5.01 Å². The molecule has 1 saturated heterocycles. The number of anilines is 2. The van der Waals surface area contributed by atoms with Crippen LogP contribution >= 0.6 is 23.1 Å². The fraction of sp³-hybridized carbons (Fsp3) is 0.423. The number of likely N-dealkylation sites (tertiary alicyclic amines) is 1. The van der Waals surface area contributed by atoms with Crippen molar-refractivity contribution in [1.82, 2.24) is 20.1 Å². The van der Waals surface area contributed by atoms with Gasteiger partial charge in [0.25, 0.3) is 5.91 Å². The summed E-state index contributed by atoms with van der Waals surface area (Å²) in [7, 11) is 0. The molecule has 2 N–H and O–H groups in total. The summed E-state index contributed by atoms with van der Waals surface area (Å²) < 4.78 is 0. The van der Waals surface area contributed by atoms with Crippen molar-refractivity contribution in [2.75, 3.05) is 30.0 Å². The fourth-order valence-corrected chi connectivity index (χ4v) is 5.26. The monoisotopic (exact) mass is 524 g/mol. The molecule has 4 rings (SSSR count). The summed E-state index contributed by atoms with van der Waals surface area (Å²) in [5.41, 5.74) is 2.84. The van der Waals surface area contributed by atoms with Gasteiger partial charge in [0.15, 0.2) is 0 Å². The fourth-order valence-electron chi connectivity index (χ4n) is 4.05. The van der Waals surface area contributed by atoms with Gasteiger partial charge >= 0.3 is 6.03 Å². The molecular weight excluding hydrogens is 492 g/mol. The molecule has 1 aromatic carbocycles. The molecule has 0 unspecified atom stereocenters. The second-order valence-corrected chi connectivity index (χ2v) is 11.8. The van der Waals surface area contributed by atoms with Crippen molar-refractivity contribution in [3.05, 3.63) is 58.4 Å². The quantitative estimate of drug-likeness (QED) is 0.402. The van der Waals surface area contributed by atoms with Crippen molar-refractivity contribution < 1.29 is 9.59 Å². The summed E-state index contributed by atoms with van der Waals surface area (Å²) in [6, 6.07) is 11.4. The van der Waals surface area contributed by atoms with E-state index in [9.17, 15) is 9.59 Å². The first-order valence-corrected chi connectivity index (χ1v) is 14.0. The SMILES string of the molecule is CSc1ccc(NC(=O)N2CCC(c3nc(C)ccc3C(=O)Nc3nnc(C(C)(C)C)s3)CC2)cc1. The van der Waals surface area contributed by atoms with Crippen LogP contribution in [0.5, 0.6) is 0 Å². The highest BCUT2D eigenvalue weighted by Crippen LogP contribution is 2.31. The number of benzene rings is 1. The third-order valence-electron chi connectivity index (χ3n) is 6.11. The lowest BCUT2D eigenvalue weighted by atomic mass is 9.90. The van der Waals surface area contributed by atoms with Crippen molar-refractivity contribution in [3.63, 3.8) is 0 Å². The predicted octanol–water partition coefficient (Wildman–Crippen LogP) is 5.92. The van der Waals surface area contributed by atoms with E-state index in [0.29, 0.717) is 23.8 Å². The number of amides is 3. The van der Waals surface area contributed by atoms with Crippen molar-refractivity contribution in [2.45, 2.75) is 56.8 Å². The number of carbonyl (C=O) groups is 2. The first-order valence-electron chi connectivity index (χ1n) is 12.0. The molecular formula is C26H32N6O2S2. The van der Waals surface area contributed by atoms with Crippen LogP contribution in [0.3, 0.4) is 0 Å². The summed E-state index contributed by atoms with van der Waals surface area (Å²) in [5.74, 6) is -0.141. The van der Waals surface area contributed by atoms with Gasteiger partial charge in [-0.15, -0.1) is 22.0 Å². The Morgan fingerprint density at radius 2 is 1.72 bits per heavy atom. The highest BCUT2D eigenvalue weighted by Gasteiger charge is 2.28. The number of piperidine rings is 1. The molecule has 0 saturated carbocycles. The molecule has 3 heterocycles. The van der Waals surface area contributed by atoms with Gasteiger partial charge < -0.3 is 10.2 Å². The zero-order valence-corrected chi connectivity index (χ0v) is 22.9. The van der Waals surface area contributed by atoms with Crippen LogP contribution in [0.4, 0.5) is 15.6 Å². The third-order valence-corrected chi connectivity index (χ3v) is 8.11. The maximum Gasteiger partial charge on any atom is 0.321 e. The standard InChI is InChI=1S/C26H32N6O2S2/c1-16-6-11-20(22(33)29-24-31-30-23(36-24)26(2,3)4)21(27-16)17-12-14-32(15-13-17)25(34)28-18-7-9-19(35-5)10-8-18/h6-11,17H,12-15H2,1-5H3,(H,28,34)(H,29,31,33). The molecule has 0 radical (unpaired) electrons. The third kappa shape index (κ3) is 6.22. The van der Waals surface area contributed by atoms with E-state index < -0.39 is 0 Å². The topological polar surface area (TPSA) is 100 Å². The van der Waals surface area contributed by atoms with Crippen LogP contribution in [-0.4, -0.2) is 51.4 Å². The number of aromatic nitrogens is 3. The van der Waals surface area contributed by atoms with Gasteiger partial charge in [0.2, 0.25) is 5.13 Å². The van der Waals surface area contributed by atoms with Crippen LogP contribution in [0.15, 0.2) is 41.3 Å². The molecule has 1 aliphatic rings. The van der Waals surface area contributed by atoms with Crippen LogP contribution in [0, 0.1) is 6.92 Å². The zero-order valence-electron chi connectivity index (χ0n) is 21.3. The molecule has 8 nitrogen and oxygen atoms in total. The van der Waals surface area contributed by atoms with E-state index in [-0.39, 0.29) is 23.3 Å². The Kier molecular flexibility index (Phi) is 7.94. The number of nitrogens with one attached hydrogen (secondary N) is 2. The average molecular weight is 525 g/mol. The Labute approximate surface area is 220 Å². The Hall–Kier alpha value is -2.98. The molecule has 3 amide bonds. The van der Waals surface area contributed by atoms with Crippen LogP contribution in [-0.2, 0) is 5.41 Å². The van der Waals surface area contributed by atoms with E-state index in [0.717, 1.165) is 39.8 Å². The zero-order chi connectivity index (χ0) is 25.9. The van der Waals surface area contributed by atoms with E-state index in [1.54, 1.807) is 11.8 Å². The molecule has 1 fully saturated rings. The first-order chi connectivity index (χ1) is 17.1. The number of hydrogen-bond acceptors (Lipinski definition) is 7. The summed E-state index contributed by atoms with van der Waals surface area (Å²) in [6.07, 6.45) is 3.50. The molecule has 3 aromatic rings. The molecule has 36 heavy (non-hydrogen) atoms. The number of rotatable bonds is 5. The summed E-state index contributed by atoms with van der Waals surface area (Å²) >= 11 is 3.05. The lowest BCUT2D eigenvalue weighted by molar-refractivity contribution is 0.102. The first kappa shape index (κ1) is 26.1. The molecule has 2 aromatic heterocycles. The number of urea groups is 1. The van der Waals surface area contributed by atoms with Crippen molar-refractivity contribution >= 4 is 45.9 Å². The van der Waals surface area contributed by atoms with E-state index >= 15 is 0 Å². The molecule has 0 aliphatic carbocycles. The van der Waals surface area contributed by atoms with Gasteiger partial charge in [0.05, 0.1) is 11.3 Å². The number of pyridine rings is 1. The Morgan fingerprint density at radius 3 is 2.33 bits per heavy atom. The predicted molar refractivity (Wildman–Crippen MR) is 146 cm³/mol. The minimum Gasteiger partial charge on any atom is -0.324 e. The van der Waals surface area contributed by atoms with Crippen LogP contribution in [0.1, 0.15) is 66.3 Å². The normalized spacial score (nSPS) is 14.5. The van der Waals surface area contributed by atoms with Gasteiger partial charge in [-0.3, -0.25) is 15.1 Å². The lowest BCUT2D eigenvalue weighted by Gasteiger charge is -2.32. The number of carbonyl (C=O) groups excluding carboxylic acids is 2. The van der Waals surface area contributed by atoms with Gasteiger partial charge in [-0.1, -0.05) is 32.1 Å². The molecule has 10 heteroatoms. The minimum atomic E-state index is -0.233.